The van der Waals surface area contributed by atoms with Crippen LogP contribution in [0.2, 0.25) is 0 Å². The van der Waals surface area contributed by atoms with Crippen LogP contribution in [0.15, 0.2) is 18.2 Å². The Morgan fingerprint density at radius 2 is 2.00 bits per heavy atom. The number of hydrogen-bond acceptors (Lipinski definition) is 1. The monoisotopic (exact) mass is 300 g/mol. The van der Waals surface area contributed by atoms with Gasteiger partial charge in [-0.15, -0.1) is 0 Å². The van der Waals surface area contributed by atoms with Crippen molar-refractivity contribution in [1.82, 2.24) is 0 Å². The summed E-state index contributed by atoms with van der Waals surface area (Å²) in [7, 11) is 0. The van der Waals surface area contributed by atoms with Crippen LogP contribution in [0.5, 0.6) is 0 Å². The summed E-state index contributed by atoms with van der Waals surface area (Å²) < 4.78 is 13.0. The SMILES string of the molecule is Cc1cc(F)ccc1CC(Br)C(=O)C(C)(C)C. The number of alkyl halides is 1. The van der Waals surface area contributed by atoms with Gasteiger partial charge in [-0.25, -0.2) is 4.39 Å². The van der Waals surface area contributed by atoms with Crippen molar-refractivity contribution in [3.8, 4) is 0 Å². The maximum atomic E-state index is 13.0. The summed E-state index contributed by atoms with van der Waals surface area (Å²) in [5.74, 6) is -0.0688. The van der Waals surface area contributed by atoms with Crippen LogP contribution in [0, 0.1) is 18.2 Å². The summed E-state index contributed by atoms with van der Waals surface area (Å²) in [6, 6.07) is 4.68. The Morgan fingerprint density at radius 1 is 1.41 bits per heavy atom. The van der Waals surface area contributed by atoms with E-state index in [9.17, 15) is 9.18 Å². The van der Waals surface area contributed by atoms with Gasteiger partial charge in [0.1, 0.15) is 5.82 Å². The molecule has 0 aromatic heterocycles. The van der Waals surface area contributed by atoms with Gasteiger partial charge in [-0.3, -0.25) is 4.79 Å². The molecule has 0 saturated heterocycles. The summed E-state index contributed by atoms with van der Waals surface area (Å²) in [6.45, 7) is 7.57. The molecule has 1 atom stereocenters. The molecule has 0 fully saturated rings. The molecule has 0 bridgehead atoms. The minimum absolute atomic E-state index is 0.168. The molecule has 0 aliphatic carbocycles. The third-order valence-electron chi connectivity index (χ3n) is 2.73. The highest BCUT2D eigenvalue weighted by atomic mass is 79.9. The highest BCUT2D eigenvalue weighted by Gasteiger charge is 2.28. The third kappa shape index (κ3) is 3.91. The molecule has 3 heteroatoms. The van der Waals surface area contributed by atoms with E-state index < -0.39 is 0 Å². The van der Waals surface area contributed by atoms with Crippen LogP contribution >= 0.6 is 15.9 Å². The van der Waals surface area contributed by atoms with E-state index in [0.29, 0.717) is 6.42 Å². The second kappa shape index (κ2) is 5.30. The first-order valence-electron chi connectivity index (χ1n) is 5.65. The molecule has 0 spiro atoms. The van der Waals surface area contributed by atoms with E-state index in [1.807, 2.05) is 27.7 Å². The van der Waals surface area contributed by atoms with Crippen molar-refractivity contribution in [2.24, 2.45) is 5.41 Å². The number of ketones is 1. The maximum absolute atomic E-state index is 13.0. The lowest BCUT2D eigenvalue weighted by atomic mass is 9.87. The highest BCUT2D eigenvalue weighted by molar-refractivity contribution is 9.10. The average molecular weight is 301 g/mol. The fourth-order valence-corrected chi connectivity index (χ4v) is 2.68. The van der Waals surface area contributed by atoms with Gasteiger partial charge in [-0.1, -0.05) is 42.8 Å². The molecule has 94 valence electrons. The van der Waals surface area contributed by atoms with Gasteiger partial charge in [0.2, 0.25) is 0 Å². The first-order valence-corrected chi connectivity index (χ1v) is 6.57. The lowest BCUT2D eigenvalue weighted by Gasteiger charge is -2.21. The van der Waals surface area contributed by atoms with Crippen LogP contribution in [-0.2, 0) is 11.2 Å². The van der Waals surface area contributed by atoms with Gasteiger partial charge in [0, 0.05) is 5.41 Å². The molecule has 17 heavy (non-hydrogen) atoms. The van der Waals surface area contributed by atoms with E-state index in [1.165, 1.54) is 12.1 Å². The predicted octanol–water partition coefficient (Wildman–Crippen LogP) is 4.06. The fourth-order valence-electron chi connectivity index (χ4n) is 1.64. The number of rotatable bonds is 3. The molecule has 1 unspecified atom stereocenters. The smallest absolute Gasteiger partial charge is 0.152 e. The second-order valence-corrected chi connectivity index (χ2v) is 6.46. The van der Waals surface area contributed by atoms with Gasteiger partial charge in [-0.05, 0) is 36.6 Å². The topological polar surface area (TPSA) is 17.1 Å². The minimum Gasteiger partial charge on any atom is -0.298 e. The quantitative estimate of drug-likeness (QED) is 0.770. The lowest BCUT2D eigenvalue weighted by Crippen LogP contribution is -2.30. The maximum Gasteiger partial charge on any atom is 0.152 e. The fraction of sp³-hybridized carbons (Fsp3) is 0.500. The van der Waals surface area contributed by atoms with Gasteiger partial charge >= 0.3 is 0 Å². The molecule has 0 heterocycles. The number of benzene rings is 1. The van der Waals surface area contributed by atoms with E-state index >= 15 is 0 Å². The van der Waals surface area contributed by atoms with Crippen molar-refractivity contribution in [3.05, 3.63) is 35.1 Å². The molecule has 0 radical (unpaired) electrons. The van der Waals surface area contributed by atoms with E-state index in [1.54, 1.807) is 6.07 Å². The van der Waals surface area contributed by atoms with Crippen molar-refractivity contribution in [2.45, 2.75) is 38.9 Å². The van der Waals surface area contributed by atoms with Crippen LogP contribution in [0.4, 0.5) is 4.39 Å². The van der Waals surface area contributed by atoms with E-state index in [-0.39, 0.29) is 21.8 Å². The molecular formula is C14H18BrFO. The molecule has 0 aliphatic rings. The Hall–Kier alpha value is -0.700. The van der Waals surface area contributed by atoms with Crippen molar-refractivity contribution < 1.29 is 9.18 Å². The molecule has 0 aliphatic heterocycles. The molecule has 0 saturated carbocycles. The van der Waals surface area contributed by atoms with Gasteiger partial charge < -0.3 is 0 Å². The van der Waals surface area contributed by atoms with E-state index in [4.69, 9.17) is 0 Å². The number of hydrogen-bond donors (Lipinski definition) is 0. The van der Waals surface area contributed by atoms with Crippen molar-refractivity contribution in [2.75, 3.05) is 0 Å². The highest BCUT2D eigenvalue weighted by Crippen LogP contribution is 2.24. The minimum atomic E-state index is -0.359. The molecule has 1 rings (SSSR count). The molecular weight excluding hydrogens is 283 g/mol. The number of carbonyl (C=O) groups is 1. The lowest BCUT2D eigenvalue weighted by molar-refractivity contribution is -0.125. The Balaban J connectivity index is 2.81. The van der Waals surface area contributed by atoms with E-state index in [0.717, 1.165) is 11.1 Å². The molecule has 0 amide bonds. The number of aryl methyl sites for hydroxylation is 1. The second-order valence-electron chi connectivity index (χ2n) is 5.36. The van der Waals surface area contributed by atoms with E-state index in [2.05, 4.69) is 15.9 Å². The van der Waals surface area contributed by atoms with Gasteiger partial charge in [0.15, 0.2) is 5.78 Å². The molecule has 1 nitrogen and oxygen atoms in total. The van der Waals surface area contributed by atoms with Crippen molar-refractivity contribution in [1.29, 1.82) is 0 Å². The van der Waals surface area contributed by atoms with Gasteiger partial charge in [0.25, 0.3) is 0 Å². The predicted molar refractivity (Wildman–Crippen MR) is 72.0 cm³/mol. The number of halogens is 2. The van der Waals surface area contributed by atoms with Crippen LogP contribution in [-0.4, -0.2) is 10.6 Å². The summed E-state index contributed by atoms with van der Waals surface area (Å²) in [4.78, 5) is 11.8. The zero-order valence-electron chi connectivity index (χ0n) is 10.7. The van der Waals surface area contributed by atoms with Crippen molar-refractivity contribution in [3.63, 3.8) is 0 Å². The Kier molecular flexibility index (Phi) is 4.48. The molecule has 0 N–H and O–H groups in total. The van der Waals surface area contributed by atoms with Crippen molar-refractivity contribution >= 4 is 21.7 Å². The molecule has 1 aromatic rings. The first kappa shape index (κ1) is 14.4. The summed E-state index contributed by atoms with van der Waals surface area (Å²) >= 11 is 3.43. The largest absolute Gasteiger partial charge is 0.298 e. The van der Waals surface area contributed by atoms with Crippen LogP contribution < -0.4 is 0 Å². The third-order valence-corrected chi connectivity index (χ3v) is 3.47. The zero-order chi connectivity index (χ0) is 13.2. The van der Waals surface area contributed by atoms with Gasteiger partial charge in [0.05, 0.1) is 4.83 Å². The van der Waals surface area contributed by atoms with Crippen LogP contribution in [0.25, 0.3) is 0 Å². The summed E-state index contributed by atoms with van der Waals surface area (Å²) in [6.07, 6.45) is 0.599. The average Bonchev–Trinajstić information content (AvgIpc) is 2.19. The summed E-state index contributed by atoms with van der Waals surface area (Å²) in [5, 5.41) is 0. The number of Topliss-reactive ketones (excluding diaryl/α,β-unsaturated/α-hetero) is 1. The van der Waals surface area contributed by atoms with Gasteiger partial charge in [-0.2, -0.15) is 0 Å². The Morgan fingerprint density at radius 3 is 2.47 bits per heavy atom. The normalized spacial score (nSPS) is 13.5. The Labute approximate surface area is 111 Å². The first-order chi connectivity index (χ1) is 7.71. The van der Waals surface area contributed by atoms with Crippen LogP contribution in [0.3, 0.4) is 0 Å². The Bertz CT molecular complexity index is 421. The van der Waals surface area contributed by atoms with Crippen LogP contribution in [0.1, 0.15) is 31.9 Å². The summed E-state index contributed by atoms with van der Waals surface area (Å²) in [5.41, 5.74) is 1.53. The zero-order valence-corrected chi connectivity index (χ0v) is 12.3. The standard InChI is InChI=1S/C14H18BrFO/c1-9-7-11(16)6-5-10(9)8-12(15)13(17)14(2,3)4/h5-7,12H,8H2,1-4H3. The number of carbonyl (C=O) groups excluding carboxylic acids is 1. The molecule has 1 aromatic carbocycles.